The Morgan fingerprint density at radius 2 is 1.38 bits per heavy atom. The molecular weight excluding hydrogens is 350 g/mol. The second kappa shape index (κ2) is 6.70. The number of hydrogen-bond acceptors (Lipinski definition) is 1. The van der Waals surface area contributed by atoms with E-state index in [-0.39, 0.29) is 0 Å². The van der Waals surface area contributed by atoms with E-state index in [9.17, 15) is 0 Å². The smallest absolute Gasteiger partial charge is 0.0450 e. The number of pyridine rings is 1. The van der Waals surface area contributed by atoms with Crippen LogP contribution in [0.3, 0.4) is 0 Å². The molecule has 0 radical (unpaired) electrons. The van der Waals surface area contributed by atoms with Gasteiger partial charge in [-0.2, -0.15) is 0 Å². The van der Waals surface area contributed by atoms with Crippen molar-refractivity contribution in [3.05, 3.63) is 101 Å². The molecule has 1 aromatic heterocycles. The maximum absolute atomic E-state index is 4.99. The van der Waals surface area contributed by atoms with Crippen LogP contribution in [0.1, 0.15) is 35.4 Å². The van der Waals surface area contributed by atoms with Gasteiger partial charge >= 0.3 is 0 Å². The highest BCUT2D eigenvalue weighted by molar-refractivity contribution is 6.17. The van der Waals surface area contributed by atoms with Crippen LogP contribution in [0.4, 0.5) is 0 Å². The molecule has 0 fully saturated rings. The zero-order valence-corrected chi connectivity index (χ0v) is 16.5. The van der Waals surface area contributed by atoms with Crippen LogP contribution in [0, 0.1) is 0 Å². The topological polar surface area (TPSA) is 12.9 Å². The molecule has 1 nitrogen and oxygen atoms in total. The number of fused-ring (bicyclic) bond motifs is 6. The molecule has 1 heterocycles. The predicted molar refractivity (Wildman–Crippen MR) is 123 cm³/mol. The molecule has 0 N–H and O–H groups in total. The van der Waals surface area contributed by atoms with E-state index in [0.29, 0.717) is 0 Å². The molecule has 0 saturated heterocycles. The van der Waals surface area contributed by atoms with Gasteiger partial charge in [-0.25, -0.2) is 0 Å². The van der Waals surface area contributed by atoms with Crippen molar-refractivity contribution in [2.24, 2.45) is 0 Å². The first-order chi connectivity index (χ1) is 14.3. The van der Waals surface area contributed by atoms with Gasteiger partial charge in [-0.15, -0.1) is 0 Å². The summed E-state index contributed by atoms with van der Waals surface area (Å²) >= 11 is 0. The molecule has 0 bridgehead atoms. The number of aromatic nitrogens is 1. The van der Waals surface area contributed by atoms with Gasteiger partial charge in [0.15, 0.2) is 0 Å². The third-order valence-electron chi connectivity index (χ3n) is 6.43. The van der Waals surface area contributed by atoms with Gasteiger partial charge in [0.2, 0.25) is 0 Å². The number of hydrogen-bond donors (Lipinski definition) is 0. The van der Waals surface area contributed by atoms with Gasteiger partial charge < -0.3 is 0 Å². The second-order valence-electron chi connectivity index (χ2n) is 8.30. The maximum Gasteiger partial charge on any atom is 0.0450 e. The Morgan fingerprint density at radius 1 is 0.621 bits per heavy atom. The van der Waals surface area contributed by atoms with Crippen molar-refractivity contribution < 1.29 is 0 Å². The molecule has 4 aromatic carbocycles. The molecule has 5 aromatic rings. The van der Waals surface area contributed by atoms with Crippen molar-refractivity contribution >= 4 is 32.3 Å². The standard InChI is InChI=1S/C28H23N/c1-3-7-24-20(5-1)12-16-26-25(24)15-13-21-10-9-19(18-27(21)26)17-23-14-11-22-6-2-4-8-28(22)29-23/h1,3,5,7,9-16,18H,2,4,6,8,17H2. The van der Waals surface area contributed by atoms with E-state index in [0.717, 1.165) is 12.8 Å². The van der Waals surface area contributed by atoms with Crippen molar-refractivity contribution in [3.63, 3.8) is 0 Å². The zero-order valence-electron chi connectivity index (χ0n) is 16.5. The third-order valence-corrected chi connectivity index (χ3v) is 6.43. The zero-order chi connectivity index (χ0) is 19.2. The van der Waals surface area contributed by atoms with Gasteiger partial charge in [-0.3, -0.25) is 4.98 Å². The van der Waals surface area contributed by atoms with Crippen LogP contribution in [0.25, 0.3) is 32.3 Å². The van der Waals surface area contributed by atoms with E-state index in [1.807, 2.05) is 0 Å². The van der Waals surface area contributed by atoms with Gasteiger partial charge in [0, 0.05) is 17.8 Å². The Morgan fingerprint density at radius 3 is 2.31 bits per heavy atom. The molecule has 0 spiro atoms. The molecule has 1 aliphatic rings. The first kappa shape index (κ1) is 16.7. The van der Waals surface area contributed by atoms with E-state index >= 15 is 0 Å². The molecule has 140 valence electrons. The quantitative estimate of drug-likeness (QED) is 0.303. The van der Waals surface area contributed by atoms with Gasteiger partial charge in [0.25, 0.3) is 0 Å². The number of benzene rings is 4. The number of nitrogens with zero attached hydrogens (tertiary/aromatic N) is 1. The lowest BCUT2D eigenvalue weighted by molar-refractivity contribution is 0.664. The predicted octanol–water partition coefficient (Wildman–Crippen LogP) is 7.01. The van der Waals surface area contributed by atoms with E-state index in [4.69, 9.17) is 4.98 Å². The van der Waals surface area contributed by atoms with E-state index in [2.05, 4.69) is 78.9 Å². The van der Waals surface area contributed by atoms with Crippen LogP contribution in [0.2, 0.25) is 0 Å². The highest BCUT2D eigenvalue weighted by Crippen LogP contribution is 2.32. The number of rotatable bonds is 2. The fraction of sp³-hybridized carbons (Fsp3) is 0.179. The van der Waals surface area contributed by atoms with Crippen LogP contribution < -0.4 is 0 Å². The maximum atomic E-state index is 4.99. The molecule has 0 unspecified atom stereocenters. The van der Waals surface area contributed by atoms with Crippen LogP contribution in [0.5, 0.6) is 0 Å². The third kappa shape index (κ3) is 2.89. The van der Waals surface area contributed by atoms with E-state index in [1.54, 1.807) is 0 Å². The highest BCUT2D eigenvalue weighted by Gasteiger charge is 2.12. The van der Waals surface area contributed by atoms with Crippen molar-refractivity contribution in [3.8, 4) is 0 Å². The summed E-state index contributed by atoms with van der Waals surface area (Å²) in [6, 6.07) is 29.1. The Kier molecular flexibility index (Phi) is 3.87. The second-order valence-corrected chi connectivity index (χ2v) is 8.30. The molecular formula is C28H23N. The molecule has 29 heavy (non-hydrogen) atoms. The van der Waals surface area contributed by atoms with E-state index in [1.165, 1.54) is 74.1 Å². The minimum Gasteiger partial charge on any atom is -0.257 e. The lowest BCUT2D eigenvalue weighted by Crippen LogP contribution is -2.07. The van der Waals surface area contributed by atoms with Crippen LogP contribution in [-0.2, 0) is 19.3 Å². The molecule has 0 saturated carbocycles. The SMILES string of the molecule is c1ccc2c(c1)ccc1c3cc(Cc4ccc5c(n4)CCCC5)ccc3ccc21. The number of aryl methyl sites for hydroxylation is 2. The Bertz CT molecular complexity index is 1380. The molecule has 6 rings (SSSR count). The first-order valence-corrected chi connectivity index (χ1v) is 10.7. The van der Waals surface area contributed by atoms with Gasteiger partial charge in [0.1, 0.15) is 0 Å². The summed E-state index contributed by atoms with van der Waals surface area (Å²) in [4.78, 5) is 4.99. The first-order valence-electron chi connectivity index (χ1n) is 10.7. The Balaban J connectivity index is 1.46. The summed E-state index contributed by atoms with van der Waals surface area (Å²) in [6.45, 7) is 0. The summed E-state index contributed by atoms with van der Waals surface area (Å²) in [5.74, 6) is 0. The van der Waals surface area contributed by atoms with Gasteiger partial charge in [-0.1, -0.05) is 72.8 Å². The minimum absolute atomic E-state index is 0.896. The van der Waals surface area contributed by atoms with Crippen molar-refractivity contribution in [2.45, 2.75) is 32.1 Å². The highest BCUT2D eigenvalue weighted by atomic mass is 14.7. The lowest BCUT2D eigenvalue weighted by Gasteiger charge is -2.15. The fourth-order valence-electron chi connectivity index (χ4n) is 4.91. The normalized spacial score (nSPS) is 13.8. The average molecular weight is 373 g/mol. The summed E-state index contributed by atoms with van der Waals surface area (Å²) < 4.78 is 0. The van der Waals surface area contributed by atoms with E-state index < -0.39 is 0 Å². The van der Waals surface area contributed by atoms with Crippen molar-refractivity contribution in [2.75, 3.05) is 0 Å². The van der Waals surface area contributed by atoms with Crippen molar-refractivity contribution in [1.29, 1.82) is 0 Å². The van der Waals surface area contributed by atoms with Crippen LogP contribution >= 0.6 is 0 Å². The fourth-order valence-corrected chi connectivity index (χ4v) is 4.91. The molecule has 0 aliphatic heterocycles. The summed E-state index contributed by atoms with van der Waals surface area (Å²) in [5, 5.41) is 7.93. The molecule has 1 heteroatoms. The summed E-state index contributed by atoms with van der Waals surface area (Å²) in [7, 11) is 0. The van der Waals surface area contributed by atoms with Crippen LogP contribution in [-0.4, -0.2) is 4.98 Å². The molecule has 0 atom stereocenters. The molecule has 0 amide bonds. The Labute approximate surface area is 171 Å². The average Bonchev–Trinajstić information content (AvgIpc) is 2.78. The summed E-state index contributed by atoms with van der Waals surface area (Å²) in [5.41, 5.74) is 5.31. The summed E-state index contributed by atoms with van der Waals surface area (Å²) in [6.07, 6.45) is 5.81. The van der Waals surface area contributed by atoms with Gasteiger partial charge in [0.05, 0.1) is 0 Å². The molecule has 1 aliphatic carbocycles. The van der Waals surface area contributed by atoms with Crippen LogP contribution in [0.15, 0.2) is 78.9 Å². The van der Waals surface area contributed by atoms with Gasteiger partial charge in [-0.05, 0) is 75.2 Å². The largest absolute Gasteiger partial charge is 0.257 e. The monoisotopic (exact) mass is 373 g/mol. The Hall–Kier alpha value is -3.19. The minimum atomic E-state index is 0.896. The lowest BCUT2D eigenvalue weighted by atomic mass is 9.94. The van der Waals surface area contributed by atoms with Crippen molar-refractivity contribution in [1.82, 2.24) is 4.98 Å².